The van der Waals surface area contributed by atoms with Gasteiger partial charge in [-0.05, 0) is 51.0 Å². The van der Waals surface area contributed by atoms with Crippen LogP contribution < -0.4 is 15.8 Å². The number of amides is 1. The average molecular weight is 545 g/mol. The number of carbonyl (C=O) groups is 2. The number of fused-ring (bicyclic) bond motifs is 1. The van der Waals surface area contributed by atoms with E-state index in [-0.39, 0.29) is 11.1 Å². The monoisotopic (exact) mass is 544 g/mol. The maximum atomic E-state index is 14.0. The van der Waals surface area contributed by atoms with Crippen LogP contribution in [0.25, 0.3) is 16.6 Å². The lowest BCUT2D eigenvalue weighted by Gasteiger charge is -2.20. The number of carboxylic acid groups (broad SMARTS) is 1. The number of alkyl carbamates (subject to hydrolysis) is 1. The minimum Gasteiger partial charge on any atom is -0.478 e. The van der Waals surface area contributed by atoms with Crippen molar-refractivity contribution in [1.29, 1.82) is 0 Å². The number of aryl methyl sites for hydroxylation is 1. The van der Waals surface area contributed by atoms with Gasteiger partial charge in [-0.3, -0.25) is 9.36 Å². The average Bonchev–Trinajstić information content (AvgIpc) is 2.90. The van der Waals surface area contributed by atoms with E-state index in [9.17, 15) is 14.4 Å². The SMILES string of the molecule is CN(Cc1cccc2nc(CCCNC(=O)OC(C)(C)C)n(-c3ccccc3)c(=O)c12)c1ncc(C(=O)O)cn1. The number of carbonyl (C=O) groups excluding carboxylic acids is 1. The number of carboxylic acids is 1. The summed E-state index contributed by atoms with van der Waals surface area (Å²) in [6.07, 6.45) is 3.01. The second kappa shape index (κ2) is 11.9. The van der Waals surface area contributed by atoms with Crippen molar-refractivity contribution in [3.05, 3.63) is 88.2 Å². The molecule has 11 heteroatoms. The smallest absolute Gasteiger partial charge is 0.407 e. The lowest BCUT2D eigenvalue weighted by molar-refractivity contribution is 0.0526. The molecule has 0 unspecified atom stereocenters. The molecule has 0 bridgehead atoms. The van der Waals surface area contributed by atoms with Crippen LogP contribution in [0, 0.1) is 0 Å². The first-order chi connectivity index (χ1) is 19.0. The summed E-state index contributed by atoms with van der Waals surface area (Å²) < 4.78 is 6.90. The van der Waals surface area contributed by atoms with Gasteiger partial charge in [0.05, 0.1) is 22.2 Å². The van der Waals surface area contributed by atoms with Gasteiger partial charge in [-0.25, -0.2) is 24.5 Å². The van der Waals surface area contributed by atoms with E-state index >= 15 is 0 Å². The first-order valence-corrected chi connectivity index (χ1v) is 12.9. The van der Waals surface area contributed by atoms with Crippen LogP contribution in [0.15, 0.2) is 65.7 Å². The molecule has 11 nitrogen and oxygen atoms in total. The predicted molar refractivity (Wildman–Crippen MR) is 151 cm³/mol. The Morgan fingerprint density at radius 3 is 2.40 bits per heavy atom. The number of rotatable bonds is 9. The van der Waals surface area contributed by atoms with Gasteiger partial charge in [0.1, 0.15) is 11.4 Å². The fraction of sp³-hybridized carbons (Fsp3) is 0.310. The molecule has 1 amide bonds. The van der Waals surface area contributed by atoms with Gasteiger partial charge in [0, 0.05) is 39.0 Å². The predicted octanol–water partition coefficient (Wildman–Crippen LogP) is 3.97. The summed E-state index contributed by atoms with van der Waals surface area (Å²) in [5, 5.41) is 12.3. The molecule has 0 aliphatic rings. The number of para-hydroxylation sites is 1. The molecule has 0 radical (unpaired) electrons. The fourth-order valence-corrected chi connectivity index (χ4v) is 4.19. The second-order valence-electron chi connectivity index (χ2n) is 10.3. The Labute approximate surface area is 231 Å². The zero-order chi connectivity index (χ0) is 28.9. The van der Waals surface area contributed by atoms with Crippen LogP contribution in [0.5, 0.6) is 0 Å². The summed E-state index contributed by atoms with van der Waals surface area (Å²) in [6, 6.07) is 14.8. The Hall–Kier alpha value is -4.80. The van der Waals surface area contributed by atoms with Crippen LogP contribution in [0.4, 0.5) is 10.7 Å². The van der Waals surface area contributed by atoms with Crippen LogP contribution in [0.1, 0.15) is 48.9 Å². The van der Waals surface area contributed by atoms with Crippen molar-refractivity contribution < 1.29 is 19.4 Å². The van der Waals surface area contributed by atoms with Gasteiger partial charge in [0.25, 0.3) is 5.56 Å². The lowest BCUT2D eigenvalue weighted by atomic mass is 10.1. The van der Waals surface area contributed by atoms with E-state index in [2.05, 4.69) is 15.3 Å². The maximum absolute atomic E-state index is 14.0. The van der Waals surface area contributed by atoms with Gasteiger partial charge < -0.3 is 20.1 Å². The lowest BCUT2D eigenvalue weighted by Crippen LogP contribution is -2.33. The number of hydrogen-bond donors (Lipinski definition) is 2. The van der Waals surface area contributed by atoms with Crippen molar-refractivity contribution in [2.24, 2.45) is 0 Å². The van der Waals surface area contributed by atoms with Crippen molar-refractivity contribution in [2.75, 3.05) is 18.5 Å². The molecular weight excluding hydrogens is 512 g/mol. The zero-order valence-corrected chi connectivity index (χ0v) is 22.9. The number of aromatic nitrogens is 4. The Kier molecular flexibility index (Phi) is 8.42. The molecule has 0 saturated carbocycles. The van der Waals surface area contributed by atoms with Crippen LogP contribution in [-0.2, 0) is 17.7 Å². The number of aromatic carboxylic acids is 1. The summed E-state index contributed by atoms with van der Waals surface area (Å²) in [7, 11) is 1.77. The quantitative estimate of drug-likeness (QED) is 0.300. The molecule has 0 atom stereocenters. The molecule has 2 aromatic carbocycles. The third kappa shape index (κ3) is 6.79. The van der Waals surface area contributed by atoms with Crippen LogP contribution in [-0.4, -0.2) is 55.9 Å². The van der Waals surface area contributed by atoms with Crippen molar-refractivity contribution in [3.63, 3.8) is 0 Å². The number of anilines is 1. The van der Waals surface area contributed by atoms with Crippen molar-refractivity contribution >= 4 is 28.9 Å². The van der Waals surface area contributed by atoms with E-state index < -0.39 is 17.7 Å². The van der Waals surface area contributed by atoms with E-state index in [0.717, 1.165) is 5.56 Å². The van der Waals surface area contributed by atoms with Crippen LogP contribution in [0.3, 0.4) is 0 Å². The number of nitrogens with one attached hydrogen (secondary N) is 1. The summed E-state index contributed by atoms with van der Waals surface area (Å²) >= 11 is 0. The topological polar surface area (TPSA) is 140 Å². The number of hydrogen-bond acceptors (Lipinski definition) is 8. The highest BCUT2D eigenvalue weighted by Gasteiger charge is 2.18. The summed E-state index contributed by atoms with van der Waals surface area (Å²) in [5.41, 5.74) is 1.17. The Bertz CT molecular complexity index is 1560. The summed E-state index contributed by atoms with van der Waals surface area (Å²) in [4.78, 5) is 52.1. The number of ether oxygens (including phenoxy) is 1. The van der Waals surface area contributed by atoms with Crippen molar-refractivity contribution in [2.45, 2.75) is 45.8 Å². The third-order valence-corrected chi connectivity index (χ3v) is 5.95. The highest BCUT2D eigenvalue weighted by Crippen LogP contribution is 2.20. The Morgan fingerprint density at radius 2 is 1.75 bits per heavy atom. The molecule has 0 fully saturated rings. The van der Waals surface area contributed by atoms with E-state index in [1.54, 1.807) is 43.4 Å². The number of benzene rings is 2. The molecule has 208 valence electrons. The second-order valence-corrected chi connectivity index (χ2v) is 10.3. The zero-order valence-electron chi connectivity index (χ0n) is 22.9. The highest BCUT2D eigenvalue weighted by molar-refractivity contribution is 5.87. The Balaban J connectivity index is 1.65. The minimum atomic E-state index is -1.10. The molecule has 4 aromatic rings. The molecule has 4 rings (SSSR count). The van der Waals surface area contributed by atoms with Crippen molar-refractivity contribution in [3.8, 4) is 5.69 Å². The van der Waals surface area contributed by atoms with E-state index in [0.29, 0.717) is 54.3 Å². The molecule has 0 saturated heterocycles. The molecule has 0 aliphatic carbocycles. The largest absolute Gasteiger partial charge is 0.478 e. The van der Waals surface area contributed by atoms with Gasteiger partial charge in [0.15, 0.2) is 0 Å². The minimum absolute atomic E-state index is 0.00826. The molecule has 2 aromatic heterocycles. The van der Waals surface area contributed by atoms with E-state index in [1.165, 1.54) is 12.4 Å². The van der Waals surface area contributed by atoms with Gasteiger partial charge in [-0.1, -0.05) is 30.3 Å². The highest BCUT2D eigenvalue weighted by atomic mass is 16.6. The molecule has 0 aliphatic heterocycles. The molecule has 40 heavy (non-hydrogen) atoms. The number of nitrogens with zero attached hydrogens (tertiary/aromatic N) is 5. The first-order valence-electron chi connectivity index (χ1n) is 12.9. The normalized spacial score (nSPS) is 11.3. The molecule has 2 heterocycles. The first kappa shape index (κ1) is 28.2. The van der Waals surface area contributed by atoms with Gasteiger partial charge in [-0.15, -0.1) is 0 Å². The third-order valence-electron chi connectivity index (χ3n) is 5.95. The van der Waals surface area contributed by atoms with E-state index in [4.69, 9.17) is 14.8 Å². The summed E-state index contributed by atoms with van der Waals surface area (Å²) in [5.74, 6) is -0.201. The molecule has 2 N–H and O–H groups in total. The fourth-order valence-electron chi connectivity index (χ4n) is 4.19. The van der Waals surface area contributed by atoms with Crippen molar-refractivity contribution in [1.82, 2.24) is 24.8 Å². The maximum Gasteiger partial charge on any atom is 0.407 e. The van der Waals surface area contributed by atoms with Gasteiger partial charge in [0.2, 0.25) is 5.95 Å². The van der Waals surface area contributed by atoms with E-state index in [1.807, 2.05) is 42.5 Å². The molecular formula is C29H32N6O5. The standard InChI is InChI=1S/C29H32N6O5/c1-29(2,3)40-28(39)30-15-9-14-23-33-22-13-8-10-19(18-34(4)27-31-16-20(17-32-27)26(37)38)24(22)25(36)35(23)21-11-6-5-7-12-21/h5-8,10-13,16-17H,9,14-15,18H2,1-4H3,(H,30,39)(H,37,38). The molecule has 0 spiro atoms. The van der Waals surface area contributed by atoms with Gasteiger partial charge in [-0.2, -0.15) is 0 Å². The van der Waals surface area contributed by atoms with Gasteiger partial charge >= 0.3 is 12.1 Å². The van der Waals surface area contributed by atoms with Crippen LogP contribution >= 0.6 is 0 Å². The summed E-state index contributed by atoms with van der Waals surface area (Å²) in [6.45, 7) is 6.08. The Morgan fingerprint density at radius 1 is 1.05 bits per heavy atom. The van der Waals surface area contributed by atoms with Crippen LogP contribution in [0.2, 0.25) is 0 Å².